The Morgan fingerprint density at radius 2 is 1.79 bits per heavy atom. The number of nitrogens with zero attached hydrogens (tertiary/aromatic N) is 2. The summed E-state index contributed by atoms with van der Waals surface area (Å²) in [5.74, 6) is -0.0961. The van der Waals surface area contributed by atoms with Crippen molar-refractivity contribution in [1.82, 2.24) is 9.55 Å². The van der Waals surface area contributed by atoms with Crippen LogP contribution in [0.15, 0.2) is 59.9 Å². The Labute approximate surface area is 172 Å². The van der Waals surface area contributed by atoms with Gasteiger partial charge in [-0.05, 0) is 35.9 Å². The van der Waals surface area contributed by atoms with Gasteiger partial charge >= 0.3 is 0 Å². The van der Waals surface area contributed by atoms with Gasteiger partial charge in [0.15, 0.2) is 5.16 Å². The van der Waals surface area contributed by atoms with Gasteiger partial charge in [0.25, 0.3) is 0 Å². The zero-order valence-electron chi connectivity index (χ0n) is 15.4. The molecule has 0 bridgehead atoms. The number of carbonyl (C=O) groups is 2. The second-order valence-corrected chi connectivity index (χ2v) is 7.47. The maximum atomic E-state index is 12.3. The van der Waals surface area contributed by atoms with Crippen molar-refractivity contribution in [2.24, 2.45) is 7.05 Å². The molecule has 0 aliphatic heterocycles. The first kappa shape index (κ1) is 20.0. The van der Waals surface area contributed by atoms with Crippen LogP contribution in [0, 0.1) is 0 Å². The number of halogens is 1. The highest BCUT2D eigenvalue weighted by molar-refractivity contribution is 7.99. The van der Waals surface area contributed by atoms with E-state index in [0.717, 1.165) is 16.4 Å². The fourth-order valence-electron chi connectivity index (χ4n) is 2.62. The average Bonchev–Trinajstić information content (AvgIpc) is 3.01. The predicted octanol–water partition coefficient (Wildman–Crippen LogP) is 4.43. The normalized spacial score (nSPS) is 10.5. The fraction of sp³-hybridized carbons (Fsp3) is 0.150. The zero-order chi connectivity index (χ0) is 20.1. The Kier molecular flexibility index (Phi) is 6.38. The van der Waals surface area contributed by atoms with Gasteiger partial charge in [-0.2, -0.15) is 0 Å². The minimum atomic E-state index is -0.162. The number of benzene rings is 2. The van der Waals surface area contributed by atoms with Crippen molar-refractivity contribution in [3.8, 4) is 11.3 Å². The molecule has 1 aromatic heterocycles. The van der Waals surface area contributed by atoms with E-state index in [2.05, 4.69) is 15.6 Å². The summed E-state index contributed by atoms with van der Waals surface area (Å²) < 4.78 is 1.94. The van der Waals surface area contributed by atoms with E-state index in [4.69, 9.17) is 11.6 Å². The summed E-state index contributed by atoms with van der Waals surface area (Å²) in [4.78, 5) is 27.8. The molecule has 0 aliphatic rings. The molecule has 0 spiro atoms. The third-order valence-electron chi connectivity index (χ3n) is 3.88. The highest BCUT2D eigenvalue weighted by Crippen LogP contribution is 2.26. The number of rotatable bonds is 6. The summed E-state index contributed by atoms with van der Waals surface area (Å²) >= 11 is 7.29. The lowest BCUT2D eigenvalue weighted by Crippen LogP contribution is -2.15. The van der Waals surface area contributed by atoms with Crippen molar-refractivity contribution in [2.75, 3.05) is 16.4 Å². The standard InChI is InChI=1S/C20H19ClN4O2S/c1-13(26)23-16-4-3-5-17(10-16)24-19(27)12-28-20-22-11-18(25(20)2)14-6-8-15(21)9-7-14/h3-11H,12H2,1-2H3,(H,23,26)(H,24,27). The lowest BCUT2D eigenvalue weighted by atomic mass is 10.2. The van der Waals surface area contributed by atoms with Crippen molar-refractivity contribution in [2.45, 2.75) is 12.1 Å². The lowest BCUT2D eigenvalue weighted by molar-refractivity contribution is -0.114. The second kappa shape index (κ2) is 8.95. The van der Waals surface area contributed by atoms with Gasteiger partial charge < -0.3 is 15.2 Å². The Hall–Kier alpha value is -2.77. The quantitative estimate of drug-likeness (QED) is 0.585. The van der Waals surface area contributed by atoms with E-state index in [-0.39, 0.29) is 17.6 Å². The van der Waals surface area contributed by atoms with Crippen LogP contribution < -0.4 is 10.6 Å². The monoisotopic (exact) mass is 414 g/mol. The highest BCUT2D eigenvalue weighted by atomic mass is 35.5. The molecule has 2 aromatic carbocycles. The molecule has 144 valence electrons. The summed E-state index contributed by atoms with van der Waals surface area (Å²) in [6, 6.07) is 14.5. The molecule has 2 amide bonds. The number of imidazole rings is 1. The van der Waals surface area contributed by atoms with Gasteiger partial charge in [0, 0.05) is 30.4 Å². The number of hydrogen-bond acceptors (Lipinski definition) is 4. The number of amides is 2. The largest absolute Gasteiger partial charge is 0.326 e. The first-order valence-electron chi connectivity index (χ1n) is 8.50. The van der Waals surface area contributed by atoms with Crippen molar-refractivity contribution in [3.05, 3.63) is 59.8 Å². The van der Waals surface area contributed by atoms with Crippen molar-refractivity contribution in [3.63, 3.8) is 0 Å². The Morgan fingerprint density at radius 1 is 1.11 bits per heavy atom. The van der Waals surface area contributed by atoms with Crippen LogP contribution in [0.1, 0.15) is 6.92 Å². The molecule has 0 atom stereocenters. The lowest BCUT2D eigenvalue weighted by Gasteiger charge is -2.08. The molecular formula is C20H19ClN4O2S. The smallest absolute Gasteiger partial charge is 0.234 e. The van der Waals surface area contributed by atoms with E-state index < -0.39 is 0 Å². The molecule has 0 saturated carbocycles. The molecule has 6 nitrogen and oxygen atoms in total. The number of hydrogen-bond donors (Lipinski definition) is 2. The van der Waals surface area contributed by atoms with Gasteiger partial charge in [-0.25, -0.2) is 4.98 Å². The SMILES string of the molecule is CC(=O)Nc1cccc(NC(=O)CSc2ncc(-c3ccc(Cl)cc3)n2C)c1. The minimum Gasteiger partial charge on any atom is -0.326 e. The number of anilines is 2. The average molecular weight is 415 g/mol. The number of nitrogens with one attached hydrogen (secondary N) is 2. The van der Waals surface area contributed by atoms with Crippen molar-refractivity contribution < 1.29 is 9.59 Å². The summed E-state index contributed by atoms with van der Waals surface area (Å²) in [5, 5.41) is 6.94. The third-order valence-corrected chi connectivity index (χ3v) is 5.18. The Morgan fingerprint density at radius 3 is 2.46 bits per heavy atom. The van der Waals surface area contributed by atoms with Crippen LogP contribution in [0.3, 0.4) is 0 Å². The third kappa shape index (κ3) is 5.15. The molecule has 28 heavy (non-hydrogen) atoms. The van der Waals surface area contributed by atoms with Gasteiger partial charge in [-0.3, -0.25) is 9.59 Å². The predicted molar refractivity (Wildman–Crippen MR) is 114 cm³/mol. The van der Waals surface area contributed by atoms with Crippen LogP contribution in [-0.2, 0) is 16.6 Å². The van der Waals surface area contributed by atoms with E-state index in [1.165, 1.54) is 18.7 Å². The Balaban J connectivity index is 1.61. The van der Waals surface area contributed by atoms with Crippen molar-refractivity contribution >= 4 is 46.6 Å². The number of aromatic nitrogens is 2. The second-order valence-electron chi connectivity index (χ2n) is 6.09. The van der Waals surface area contributed by atoms with Crippen LogP contribution in [0.25, 0.3) is 11.3 Å². The van der Waals surface area contributed by atoms with Crippen LogP contribution in [-0.4, -0.2) is 27.1 Å². The van der Waals surface area contributed by atoms with Crippen LogP contribution >= 0.6 is 23.4 Å². The van der Waals surface area contributed by atoms with Crippen LogP contribution in [0.2, 0.25) is 5.02 Å². The molecule has 0 aliphatic carbocycles. The molecule has 0 radical (unpaired) electrons. The fourth-order valence-corrected chi connectivity index (χ4v) is 3.50. The summed E-state index contributed by atoms with van der Waals surface area (Å²) in [6.07, 6.45) is 1.78. The molecular weight excluding hydrogens is 396 g/mol. The highest BCUT2D eigenvalue weighted by Gasteiger charge is 2.11. The summed E-state index contributed by atoms with van der Waals surface area (Å²) in [5.41, 5.74) is 3.21. The topological polar surface area (TPSA) is 76.0 Å². The first-order chi connectivity index (χ1) is 13.4. The van der Waals surface area contributed by atoms with Gasteiger partial charge in [0.1, 0.15) is 0 Å². The molecule has 3 rings (SSSR count). The van der Waals surface area contributed by atoms with E-state index in [0.29, 0.717) is 16.4 Å². The van der Waals surface area contributed by atoms with E-state index >= 15 is 0 Å². The van der Waals surface area contributed by atoms with Gasteiger partial charge in [0.2, 0.25) is 11.8 Å². The molecule has 2 N–H and O–H groups in total. The minimum absolute atomic E-state index is 0.152. The van der Waals surface area contributed by atoms with Gasteiger partial charge in [-0.15, -0.1) is 0 Å². The van der Waals surface area contributed by atoms with Crippen molar-refractivity contribution in [1.29, 1.82) is 0 Å². The number of thioether (sulfide) groups is 1. The molecule has 8 heteroatoms. The van der Waals surface area contributed by atoms with Crippen LogP contribution in [0.4, 0.5) is 11.4 Å². The maximum Gasteiger partial charge on any atom is 0.234 e. The molecule has 0 fully saturated rings. The summed E-state index contributed by atoms with van der Waals surface area (Å²) in [7, 11) is 1.91. The molecule has 3 aromatic rings. The maximum absolute atomic E-state index is 12.3. The summed E-state index contributed by atoms with van der Waals surface area (Å²) in [6.45, 7) is 1.44. The van der Waals surface area contributed by atoms with Gasteiger partial charge in [0.05, 0.1) is 17.6 Å². The first-order valence-corrected chi connectivity index (χ1v) is 9.86. The van der Waals surface area contributed by atoms with E-state index in [1.54, 1.807) is 30.5 Å². The Bertz CT molecular complexity index is 1000. The van der Waals surface area contributed by atoms with E-state index in [9.17, 15) is 9.59 Å². The van der Waals surface area contributed by atoms with Gasteiger partial charge in [-0.1, -0.05) is 41.6 Å². The molecule has 1 heterocycles. The van der Waals surface area contributed by atoms with E-state index in [1.807, 2.05) is 35.9 Å². The molecule has 0 unspecified atom stereocenters. The van der Waals surface area contributed by atoms with Crippen LogP contribution in [0.5, 0.6) is 0 Å². The zero-order valence-corrected chi connectivity index (χ0v) is 17.0. The molecule has 0 saturated heterocycles. The number of carbonyl (C=O) groups excluding carboxylic acids is 2.